The molecule has 2 aromatic heterocycles. The fourth-order valence-corrected chi connectivity index (χ4v) is 6.16. The molecule has 13 heteroatoms. The number of carboxylic acids is 1. The summed E-state index contributed by atoms with van der Waals surface area (Å²) in [6.07, 6.45) is -6.38. The Bertz CT molecular complexity index is 1490. The van der Waals surface area contributed by atoms with Gasteiger partial charge in [0.1, 0.15) is 4.83 Å². The molecule has 3 heterocycles. The van der Waals surface area contributed by atoms with Gasteiger partial charge in [0, 0.05) is 25.6 Å². The molecule has 0 radical (unpaired) electrons. The van der Waals surface area contributed by atoms with Crippen LogP contribution in [-0.2, 0) is 17.9 Å². The first-order valence-corrected chi connectivity index (χ1v) is 13.2. The maximum absolute atomic E-state index is 13.5. The Balaban J connectivity index is 1.75. The van der Waals surface area contributed by atoms with E-state index in [0.29, 0.717) is 18.4 Å². The minimum absolute atomic E-state index is 0.0348. The van der Waals surface area contributed by atoms with Crippen molar-refractivity contribution in [1.82, 2.24) is 14.0 Å². The average molecular weight is 567 g/mol. The lowest BCUT2D eigenvalue weighted by Gasteiger charge is -2.32. The molecular weight excluding hydrogens is 539 g/mol. The number of carbonyl (C=O) groups is 2. The molecule has 1 unspecified atom stereocenters. The van der Waals surface area contributed by atoms with Crippen LogP contribution in [-0.4, -0.2) is 50.3 Å². The number of aliphatic carboxylic acids is 1. The van der Waals surface area contributed by atoms with E-state index in [1.807, 2.05) is 0 Å². The smallest absolute Gasteiger partial charge is 0.390 e. The summed E-state index contributed by atoms with van der Waals surface area (Å²) in [4.78, 5) is 52.7. The van der Waals surface area contributed by atoms with Crippen molar-refractivity contribution in [1.29, 1.82) is 0 Å². The molecule has 1 N–H and O–H groups in total. The molecule has 1 atom stereocenters. The lowest BCUT2D eigenvalue weighted by Crippen LogP contribution is -2.41. The van der Waals surface area contributed by atoms with Gasteiger partial charge in [-0.15, -0.1) is 11.3 Å². The van der Waals surface area contributed by atoms with Crippen LogP contribution in [0.1, 0.15) is 52.6 Å². The predicted octanol–water partition coefficient (Wildman–Crippen LogP) is 2.21. The molecule has 1 amide bonds. The Morgan fingerprint density at radius 1 is 1.13 bits per heavy atom. The van der Waals surface area contributed by atoms with Gasteiger partial charge in [0.15, 0.2) is 0 Å². The summed E-state index contributed by atoms with van der Waals surface area (Å²) in [6, 6.07) is 8.23. The van der Waals surface area contributed by atoms with Crippen molar-refractivity contribution < 1.29 is 33.0 Å². The van der Waals surface area contributed by atoms with Gasteiger partial charge in [-0.2, -0.15) is 13.2 Å². The summed E-state index contributed by atoms with van der Waals surface area (Å²) in [5, 5.41) is 21.5. The van der Waals surface area contributed by atoms with Crippen LogP contribution >= 0.6 is 11.3 Å². The summed E-state index contributed by atoms with van der Waals surface area (Å²) >= 11 is 0.791. The topological polar surface area (TPSA) is 125 Å². The molecule has 0 spiro atoms. The van der Waals surface area contributed by atoms with Crippen molar-refractivity contribution in [3.63, 3.8) is 0 Å². The largest absolute Gasteiger partial charge is 0.550 e. The number of rotatable bonds is 8. The van der Waals surface area contributed by atoms with Crippen molar-refractivity contribution in [2.45, 2.75) is 58.0 Å². The maximum atomic E-state index is 13.5. The number of hydrogen-bond acceptors (Lipinski definition) is 7. The molecule has 3 aromatic rings. The lowest BCUT2D eigenvalue weighted by atomic mass is 9.93. The molecule has 1 fully saturated rings. The first-order chi connectivity index (χ1) is 18.4. The number of piperidine rings is 1. The van der Waals surface area contributed by atoms with E-state index in [1.165, 1.54) is 11.8 Å². The second kappa shape index (κ2) is 11.3. The summed E-state index contributed by atoms with van der Waals surface area (Å²) in [6.45, 7) is 0.821. The van der Waals surface area contributed by atoms with Crippen LogP contribution in [0.3, 0.4) is 0 Å². The Labute approximate surface area is 224 Å². The average Bonchev–Trinajstić information content (AvgIpc) is 3.22. The van der Waals surface area contributed by atoms with Gasteiger partial charge in [-0.3, -0.25) is 18.7 Å². The van der Waals surface area contributed by atoms with Crippen LogP contribution in [0.25, 0.3) is 10.2 Å². The number of likely N-dealkylation sites (tertiary alicyclic amines) is 1. The molecule has 1 aliphatic heterocycles. The van der Waals surface area contributed by atoms with Crippen LogP contribution in [0, 0.1) is 12.8 Å². The number of benzene rings is 1. The van der Waals surface area contributed by atoms with Crippen molar-refractivity contribution in [2.24, 2.45) is 5.92 Å². The Kier molecular flexibility index (Phi) is 8.31. The highest BCUT2D eigenvalue weighted by Crippen LogP contribution is 2.32. The summed E-state index contributed by atoms with van der Waals surface area (Å²) in [5.74, 6) is -1.73. The number of amides is 1. The van der Waals surface area contributed by atoms with Crippen molar-refractivity contribution in [3.8, 4) is 0 Å². The van der Waals surface area contributed by atoms with Crippen LogP contribution in [0.4, 0.5) is 13.2 Å². The van der Waals surface area contributed by atoms with E-state index in [0.717, 1.165) is 20.5 Å². The summed E-state index contributed by atoms with van der Waals surface area (Å²) in [5.41, 5.74) is -1.14. The molecule has 0 aliphatic carbocycles. The third kappa shape index (κ3) is 6.25. The summed E-state index contributed by atoms with van der Waals surface area (Å²) < 4.78 is 41.0. The number of fused-ring (bicyclic) bond motifs is 1. The standard InChI is InChI=1S/C26H28F3N3O6S/c1-15-20-22(36)32(14-18(33)17-5-3-2-4-6-17)25(38)31(12-9-26(27,28)29)24(20)39-21(15)23(37)30-10-7-16(8-11-30)13-19(34)35/h2-6,16,18,33H,7-14H2,1H3,(H,34,35)/p-1. The third-order valence-corrected chi connectivity index (χ3v) is 8.31. The number of alkyl halides is 3. The van der Waals surface area contributed by atoms with Crippen LogP contribution in [0.5, 0.6) is 0 Å². The van der Waals surface area contributed by atoms with E-state index in [9.17, 15) is 42.6 Å². The van der Waals surface area contributed by atoms with E-state index in [2.05, 4.69) is 0 Å². The monoisotopic (exact) mass is 566 g/mol. The predicted molar refractivity (Wildman–Crippen MR) is 135 cm³/mol. The number of thiophene rings is 1. The molecule has 210 valence electrons. The molecule has 4 rings (SSSR count). The molecule has 1 saturated heterocycles. The zero-order valence-corrected chi connectivity index (χ0v) is 21.9. The van der Waals surface area contributed by atoms with Gasteiger partial charge in [-0.25, -0.2) is 4.79 Å². The van der Waals surface area contributed by atoms with Crippen LogP contribution < -0.4 is 16.4 Å². The quantitative estimate of drug-likeness (QED) is 0.446. The van der Waals surface area contributed by atoms with Crippen molar-refractivity contribution in [3.05, 3.63) is 67.2 Å². The van der Waals surface area contributed by atoms with E-state index < -0.39 is 54.9 Å². The Morgan fingerprint density at radius 2 is 1.77 bits per heavy atom. The minimum atomic E-state index is -4.57. The molecule has 1 aromatic carbocycles. The summed E-state index contributed by atoms with van der Waals surface area (Å²) in [7, 11) is 0. The maximum Gasteiger partial charge on any atom is 0.390 e. The highest BCUT2D eigenvalue weighted by molar-refractivity contribution is 7.20. The number of aliphatic hydroxyl groups excluding tert-OH is 1. The molecule has 0 saturated carbocycles. The van der Waals surface area contributed by atoms with Gasteiger partial charge in [0.25, 0.3) is 11.5 Å². The Hall–Kier alpha value is -3.45. The number of carbonyl (C=O) groups excluding carboxylic acids is 2. The van der Waals surface area contributed by atoms with Gasteiger partial charge < -0.3 is 19.9 Å². The number of aromatic nitrogens is 2. The molecular formula is C26H27F3N3O6S-. The van der Waals surface area contributed by atoms with Gasteiger partial charge >= 0.3 is 11.9 Å². The molecule has 39 heavy (non-hydrogen) atoms. The van der Waals surface area contributed by atoms with E-state index in [4.69, 9.17) is 0 Å². The SMILES string of the molecule is Cc1c(C(=O)N2CCC(CC(=O)[O-])CC2)sc2c1c(=O)n(CC(O)c1ccccc1)c(=O)n2CCC(F)(F)F. The van der Waals surface area contributed by atoms with E-state index in [1.54, 1.807) is 30.3 Å². The number of nitrogens with zero attached hydrogens (tertiary/aromatic N) is 3. The fourth-order valence-electron chi connectivity index (χ4n) is 4.87. The van der Waals surface area contributed by atoms with Crippen molar-refractivity contribution in [2.75, 3.05) is 13.1 Å². The second-order valence-corrected chi connectivity index (χ2v) is 10.7. The normalized spacial score (nSPS) is 15.6. The number of hydrogen-bond donors (Lipinski definition) is 1. The first kappa shape index (κ1) is 28.6. The van der Waals surface area contributed by atoms with Gasteiger partial charge in [-0.1, -0.05) is 30.3 Å². The number of aryl methyl sites for hydroxylation is 2. The zero-order chi connectivity index (χ0) is 28.5. The van der Waals surface area contributed by atoms with E-state index in [-0.39, 0.29) is 46.1 Å². The number of carboxylic acid groups (broad SMARTS) is 1. The second-order valence-electron chi connectivity index (χ2n) is 9.69. The van der Waals surface area contributed by atoms with Crippen molar-refractivity contribution >= 4 is 33.4 Å². The zero-order valence-electron chi connectivity index (χ0n) is 21.1. The molecule has 0 bridgehead atoms. The van der Waals surface area contributed by atoms with Crippen LogP contribution in [0.15, 0.2) is 39.9 Å². The molecule has 9 nitrogen and oxygen atoms in total. The molecule has 1 aliphatic rings. The van der Waals surface area contributed by atoms with E-state index >= 15 is 0 Å². The van der Waals surface area contributed by atoms with Crippen LogP contribution in [0.2, 0.25) is 0 Å². The number of aliphatic hydroxyl groups is 1. The highest BCUT2D eigenvalue weighted by atomic mass is 32.1. The van der Waals surface area contributed by atoms with Gasteiger partial charge in [-0.05, 0) is 43.2 Å². The lowest BCUT2D eigenvalue weighted by molar-refractivity contribution is -0.307. The number of halogens is 3. The van der Waals surface area contributed by atoms with Gasteiger partial charge in [0.2, 0.25) is 0 Å². The minimum Gasteiger partial charge on any atom is -0.550 e. The highest BCUT2D eigenvalue weighted by Gasteiger charge is 2.31. The third-order valence-electron chi connectivity index (χ3n) is 7.00. The van der Waals surface area contributed by atoms with Gasteiger partial charge in [0.05, 0.1) is 29.3 Å². The first-order valence-electron chi connectivity index (χ1n) is 12.4. The Morgan fingerprint density at radius 3 is 2.36 bits per heavy atom. The fraction of sp³-hybridized carbons (Fsp3) is 0.462.